The zero-order valence-electron chi connectivity index (χ0n) is 21.9. The van der Waals surface area contributed by atoms with Crippen molar-refractivity contribution in [1.82, 2.24) is 0 Å². The van der Waals surface area contributed by atoms with Crippen molar-refractivity contribution in [3.05, 3.63) is 103 Å². The highest BCUT2D eigenvalue weighted by Gasteiger charge is 2.30. The van der Waals surface area contributed by atoms with E-state index in [4.69, 9.17) is 23.2 Å². The molecule has 0 N–H and O–H groups in total. The van der Waals surface area contributed by atoms with E-state index in [1.165, 1.54) is 0 Å². The summed E-state index contributed by atoms with van der Waals surface area (Å²) < 4.78 is 31.3. The summed E-state index contributed by atoms with van der Waals surface area (Å²) in [6.45, 7) is 4.23. The van der Waals surface area contributed by atoms with Gasteiger partial charge in [-0.1, -0.05) is 106 Å². The van der Waals surface area contributed by atoms with Crippen LogP contribution in [-0.2, 0) is 22.7 Å². The molecule has 0 saturated heterocycles. The first-order chi connectivity index (χ1) is 18.7. The Morgan fingerprint density at radius 3 is 1.28 bits per heavy atom. The van der Waals surface area contributed by atoms with Crippen molar-refractivity contribution in [1.29, 1.82) is 0 Å². The highest BCUT2D eigenvalue weighted by molar-refractivity contribution is 9.10. The molecule has 0 unspecified atom stereocenters. The molecule has 39 heavy (non-hydrogen) atoms. The van der Waals surface area contributed by atoms with Crippen molar-refractivity contribution >= 4 is 64.9 Å². The lowest BCUT2D eigenvalue weighted by atomic mass is 9.96. The monoisotopic (exact) mass is 706 g/mol. The van der Waals surface area contributed by atoms with Gasteiger partial charge in [-0.25, -0.2) is 8.42 Å². The Morgan fingerprint density at radius 1 is 0.590 bits per heavy atom. The molecule has 0 aliphatic heterocycles. The predicted octanol–water partition coefficient (Wildman–Crippen LogP) is 11.4. The summed E-state index contributed by atoms with van der Waals surface area (Å²) in [5.74, 6) is 0. The van der Waals surface area contributed by atoms with Crippen molar-refractivity contribution in [2.45, 2.75) is 62.2 Å². The molecule has 0 aromatic heterocycles. The zero-order chi connectivity index (χ0) is 28.2. The minimum atomic E-state index is -3.99. The van der Waals surface area contributed by atoms with Crippen LogP contribution in [0.25, 0.3) is 22.3 Å². The van der Waals surface area contributed by atoms with Gasteiger partial charge < -0.3 is 0 Å². The lowest BCUT2D eigenvalue weighted by Gasteiger charge is -2.21. The molecule has 204 valence electrons. The summed E-state index contributed by atoms with van der Waals surface area (Å²) in [4.78, 5) is 0.505. The molecular formula is C32H30Br2Cl2O2S. The van der Waals surface area contributed by atoms with E-state index in [9.17, 15) is 8.42 Å². The van der Waals surface area contributed by atoms with Gasteiger partial charge in [0.2, 0.25) is 9.84 Å². The molecule has 0 amide bonds. The summed E-state index contributed by atoms with van der Waals surface area (Å²) in [6, 6.07) is 22.2. The second-order valence-electron chi connectivity index (χ2n) is 9.52. The summed E-state index contributed by atoms with van der Waals surface area (Å²) in [5, 5.41) is 1.15. The second kappa shape index (κ2) is 13.4. The fraction of sp³-hybridized carbons (Fsp3) is 0.250. The SMILES string of the molecule is CCCCc1c(Cl)ccc(S(=O)(=O)c2ccc(Cl)c(CCCC)c2-c2ccc(Br)cc2)c1-c1ccc(Br)cc1. The van der Waals surface area contributed by atoms with E-state index in [1.807, 2.05) is 48.5 Å². The van der Waals surface area contributed by atoms with Crippen molar-refractivity contribution in [3.63, 3.8) is 0 Å². The summed E-state index contributed by atoms with van der Waals surface area (Å²) in [7, 11) is -3.99. The van der Waals surface area contributed by atoms with Crippen LogP contribution in [0.2, 0.25) is 10.0 Å². The summed E-state index contributed by atoms with van der Waals surface area (Å²) in [5.41, 5.74) is 4.66. The predicted molar refractivity (Wildman–Crippen MR) is 172 cm³/mol. The van der Waals surface area contributed by atoms with Gasteiger partial charge in [0.1, 0.15) is 0 Å². The van der Waals surface area contributed by atoms with Gasteiger partial charge in [-0.15, -0.1) is 0 Å². The van der Waals surface area contributed by atoms with Gasteiger partial charge in [0.25, 0.3) is 0 Å². The lowest BCUT2D eigenvalue weighted by Crippen LogP contribution is -2.10. The number of hydrogen-bond donors (Lipinski definition) is 0. The first kappa shape index (κ1) is 30.3. The van der Waals surface area contributed by atoms with Crippen LogP contribution in [-0.4, -0.2) is 8.42 Å². The van der Waals surface area contributed by atoms with Crippen LogP contribution in [0.1, 0.15) is 50.7 Å². The van der Waals surface area contributed by atoms with Crippen LogP contribution in [0.5, 0.6) is 0 Å². The average Bonchev–Trinajstić information content (AvgIpc) is 2.92. The van der Waals surface area contributed by atoms with E-state index < -0.39 is 9.84 Å². The number of sulfone groups is 1. The van der Waals surface area contributed by atoms with Crippen molar-refractivity contribution in [3.8, 4) is 22.3 Å². The van der Waals surface area contributed by atoms with Crippen LogP contribution in [0.3, 0.4) is 0 Å². The van der Waals surface area contributed by atoms with E-state index in [1.54, 1.807) is 24.3 Å². The van der Waals surface area contributed by atoms with E-state index in [-0.39, 0.29) is 9.79 Å². The molecular weight excluding hydrogens is 679 g/mol. The van der Waals surface area contributed by atoms with Crippen molar-refractivity contribution in [2.75, 3.05) is 0 Å². The number of benzene rings is 4. The maximum Gasteiger partial charge on any atom is 0.207 e. The summed E-state index contributed by atoms with van der Waals surface area (Å²) >= 11 is 20.5. The topological polar surface area (TPSA) is 34.1 Å². The quantitative estimate of drug-likeness (QED) is 0.164. The van der Waals surface area contributed by atoms with Gasteiger partial charge in [-0.3, -0.25) is 0 Å². The molecule has 7 heteroatoms. The van der Waals surface area contributed by atoms with Crippen LogP contribution in [0, 0.1) is 0 Å². The minimum Gasteiger partial charge on any atom is -0.218 e. The number of rotatable bonds is 10. The van der Waals surface area contributed by atoms with E-state index in [0.29, 0.717) is 34.0 Å². The lowest BCUT2D eigenvalue weighted by molar-refractivity contribution is 0.596. The van der Waals surface area contributed by atoms with Crippen LogP contribution in [0.15, 0.2) is 91.5 Å². The fourth-order valence-corrected chi connectivity index (χ4v) is 7.61. The first-order valence-corrected chi connectivity index (χ1v) is 16.9. The van der Waals surface area contributed by atoms with Crippen molar-refractivity contribution < 1.29 is 8.42 Å². The molecule has 4 rings (SSSR count). The van der Waals surface area contributed by atoms with Gasteiger partial charge in [-0.05, 0) is 96.5 Å². The van der Waals surface area contributed by atoms with Gasteiger partial charge >= 0.3 is 0 Å². The highest BCUT2D eigenvalue weighted by Crippen LogP contribution is 2.43. The molecule has 0 fully saturated rings. The van der Waals surface area contributed by atoms with Crippen LogP contribution < -0.4 is 0 Å². The molecule has 0 spiro atoms. The molecule has 0 aliphatic rings. The molecule has 0 bridgehead atoms. The van der Waals surface area contributed by atoms with Crippen LogP contribution >= 0.6 is 55.1 Å². The molecule has 0 heterocycles. The Bertz CT molecular complexity index is 1450. The number of hydrogen-bond acceptors (Lipinski definition) is 2. The van der Waals surface area contributed by atoms with Gasteiger partial charge in [-0.2, -0.15) is 0 Å². The molecule has 4 aromatic rings. The Hall–Kier alpha value is -1.63. The third kappa shape index (κ3) is 6.65. The third-order valence-corrected chi connectivity index (χ3v) is 10.4. The van der Waals surface area contributed by atoms with E-state index in [0.717, 1.165) is 56.9 Å². The maximum atomic E-state index is 14.7. The molecule has 0 radical (unpaired) electrons. The normalized spacial score (nSPS) is 11.6. The molecule has 4 aromatic carbocycles. The second-order valence-corrected chi connectivity index (χ2v) is 14.1. The fourth-order valence-electron chi connectivity index (χ4n) is 4.83. The Morgan fingerprint density at radius 2 is 0.949 bits per heavy atom. The number of unbranched alkanes of at least 4 members (excludes halogenated alkanes) is 2. The Balaban J connectivity index is 2.05. The van der Waals surface area contributed by atoms with Gasteiger partial charge in [0.05, 0.1) is 9.79 Å². The average molecular weight is 709 g/mol. The Kier molecular flexibility index (Phi) is 10.4. The smallest absolute Gasteiger partial charge is 0.207 e. The first-order valence-electron chi connectivity index (χ1n) is 13.1. The molecule has 0 saturated carbocycles. The van der Waals surface area contributed by atoms with E-state index >= 15 is 0 Å². The molecule has 0 aliphatic carbocycles. The molecule has 0 atom stereocenters. The summed E-state index contributed by atoms with van der Waals surface area (Å²) in [6.07, 6.45) is 5.12. The van der Waals surface area contributed by atoms with Gasteiger partial charge in [0, 0.05) is 30.1 Å². The number of halogens is 4. The maximum absolute atomic E-state index is 14.7. The zero-order valence-corrected chi connectivity index (χ0v) is 27.4. The largest absolute Gasteiger partial charge is 0.218 e. The van der Waals surface area contributed by atoms with E-state index in [2.05, 4.69) is 45.7 Å². The Labute approximate surface area is 258 Å². The van der Waals surface area contributed by atoms with Crippen molar-refractivity contribution in [2.24, 2.45) is 0 Å². The third-order valence-electron chi connectivity index (χ3n) is 6.84. The van der Waals surface area contributed by atoms with Gasteiger partial charge in [0.15, 0.2) is 0 Å². The highest BCUT2D eigenvalue weighted by atomic mass is 79.9. The minimum absolute atomic E-state index is 0.252. The molecule has 2 nitrogen and oxygen atoms in total. The standard InChI is InChI=1S/C32H30Br2Cl2O2S/c1-3-5-7-25-27(35)17-19-29(31(25)21-9-13-23(33)14-10-21)39(37,38)30-20-18-28(36)26(8-6-4-2)32(30)22-11-15-24(34)16-12-22/h9-20H,3-8H2,1-2H3. The van der Waals surface area contributed by atoms with Crippen LogP contribution in [0.4, 0.5) is 0 Å².